The van der Waals surface area contributed by atoms with Crippen LogP contribution < -0.4 is 5.73 Å². The zero-order valence-electron chi connectivity index (χ0n) is 15.8. The van der Waals surface area contributed by atoms with Crippen molar-refractivity contribution in [1.82, 2.24) is 4.90 Å². The van der Waals surface area contributed by atoms with Gasteiger partial charge < -0.3 is 15.1 Å². The summed E-state index contributed by atoms with van der Waals surface area (Å²) in [5, 5.41) is 0.946. The fourth-order valence-corrected chi connectivity index (χ4v) is 4.53. The van der Waals surface area contributed by atoms with Crippen LogP contribution in [0.3, 0.4) is 0 Å². The molecule has 3 aromatic rings. The Hall–Kier alpha value is -2.31. The smallest absolute Gasteiger partial charge is 0.289 e. The molecule has 1 aliphatic rings. The molecule has 1 aliphatic heterocycles. The van der Waals surface area contributed by atoms with E-state index in [4.69, 9.17) is 10.2 Å². The summed E-state index contributed by atoms with van der Waals surface area (Å²) < 4.78 is 19.1. The van der Waals surface area contributed by atoms with E-state index < -0.39 is 0 Å². The van der Waals surface area contributed by atoms with Gasteiger partial charge in [-0.05, 0) is 48.7 Å². The standard InChI is InChI=1S/C22H23FN2O2S/c1-22(13-24)10-11-25(14-22)21(26)20-18(17-4-2-3-5-19(17)27-20)12-28-16-8-6-15(23)7-9-16/h2-9H,10-14,24H2,1H3. The van der Waals surface area contributed by atoms with Crippen molar-refractivity contribution in [2.24, 2.45) is 11.1 Å². The first-order chi connectivity index (χ1) is 13.5. The minimum atomic E-state index is -0.258. The zero-order chi connectivity index (χ0) is 19.7. The fraction of sp³-hybridized carbons (Fsp3) is 0.318. The topological polar surface area (TPSA) is 59.5 Å². The fourth-order valence-electron chi connectivity index (χ4n) is 3.61. The van der Waals surface area contributed by atoms with Gasteiger partial charge in [-0.3, -0.25) is 4.79 Å². The summed E-state index contributed by atoms with van der Waals surface area (Å²) in [4.78, 5) is 16.0. The molecule has 1 unspecified atom stereocenters. The third-order valence-corrected chi connectivity index (χ3v) is 6.47. The van der Waals surface area contributed by atoms with Crippen LogP contribution in [0.25, 0.3) is 11.0 Å². The predicted octanol–water partition coefficient (Wildman–Crippen LogP) is 4.68. The van der Waals surface area contributed by atoms with Crippen LogP contribution in [0, 0.1) is 11.2 Å². The van der Waals surface area contributed by atoms with Gasteiger partial charge in [-0.2, -0.15) is 0 Å². The minimum absolute atomic E-state index is 0.0370. The average Bonchev–Trinajstić information content (AvgIpc) is 3.29. The third-order valence-electron chi connectivity index (χ3n) is 5.43. The van der Waals surface area contributed by atoms with Crippen molar-refractivity contribution in [2.45, 2.75) is 24.0 Å². The highest BCUT2D eigenvalue weighted by molar-refractivity contribution is 7.98. The highest BCUT2D eigenvalue weighted by atomic mass is 32.2. The lowest BCUT2D eigenvalue weighted by atomic mass is 9.90. The third kappa shape index (κ3) is 3.66. The van der Waals surface area contributed by atoms with Crippen molar-refractivity contribution in [3.05, 3.63) is 65.7 Å². The molecule has 1 aromatic heterocycles. The first-order valence-corrected chi connectivity index (χ1v) is 10.4. The summed E-state index contributed by atoms with van der Waals surface area (Å²) in [6.07, 6.45) is 0.898. The molecule has 28 heavy (non-hydrogen) atoms. The molecule has 146 valence electrons. The van der Waals surface area contributed by atoms with Gasteiger partial charge in [0.05, 0.1) is 0 Å². The normalized spacial score (nSPS) is 19.5. The van der Waals surface area contributed by atoms with Gasteiger partial charge in [-0.25, -0.2) is 4.39 Å². The average molecular weight is 399 g/mol. The van der Waals surface area contributed by atoms with E-state index in [1.165, 1.54) is 12.1 Å². The maximum atomic E-state index is 13.2. The molecule has 1 fully saturated rings. The minimum Gasteiger partial charge on any atom is -0.451 e. The number of carbonyl (C=O) groups is 1. The predicted molar refractivity (Wildman–Crippen MR) is 110 cm³/mol. The SMILES string of the molecule is CC1(CN)CCN(C(=O)c2oc3ccccc3c2CSc2ccc(F)cc2)C1. The van der Waals surface area contributed by atoms with E-state index in [9.17, 15) is 9.18 Å². The zero-order valence-corrected chi connectivity index (χ0v) is 16.6. The van der Waals surface area contributed by atoms with Crippen molar-refractivity contribution < 1.29 is 13.6 Å². The molecule has 6 heteroatoms. The molecule has 1 saturated heterocycles. The van der Waals surface area contributed by atoms with E-state index in [-0.39, 0.29) is 17.1 Å². The Bertz CT molecular complexity index is 1000. The molecule has 0 spiro atoms. The molecule has 2 aromatic carbocycles. The molecular weight excluding hydrogens is 375 g/mol. The molecular formula is C22H23FN2O2S. The van der Waals surface area contributed by atoms with Gasteiger partial charge in [0.15, 0.2) is 5.76 Å². The second kappa shape index (κ2) is 7.60. The number of hydrogen-bond donors (Lipinski definition) is 1. The number of halogens is 1. The number of benzene rings is 2. The van der Waals surface area contributed by atoms with E-state index in [0.717, 1.165) is 22.3 Å². The molecule has 0 saturated carbocycles. The Labute approximate surface area is 167 Å². The summed E-state index contributed by atoms with van der Waals surface area (Å²) in [5.74, 6) is 0.636. The van der Waals surface area contributed by atoms with Crippen molar-refractivity contribution in [1.29, 1.82) is 0 Å². The Morgan fingerprint density at radius 1 is 1.25 bits per heavy atom. The van der Waals surface area contributed by atoms with Crippen LogP contribution in [0.2, 0.25) is 0 Å². The second-order valence-electron chi connectivity index (χ2n) is 7.64. The molecule has 0 radical (unpaired) electrons. The number of nitrogens with two attached hydrogens (primary N) is 1. The number of amides is 1. The summed E-state index contributed by atoms with van der Waals surface area (Å²) in [5.41, 5.74) is 7.45. The summed E-state index contributed by atoms with van der Waals surface area (Å²) in [6, 6.07) is 14.1. The maximum Gasteiger partial charge on any atom is 0.289 e. The van der Waals surface area contributed by atoms with Gasteiger partial charge in [-0.1, -0.05) is 25.1 Å². The highest BCUT2D eigenvalue weighted by Crippen LogP contribution is 2.35. The Morgan fingerprint density at radius 2 is 2.00 bits per heavy atom. The van der Waals surface area contributed by atoms with Gasteiger partial charge in [0.25, 0.3) is 5.91 Å². The van der Waals surface area contributed by atoms with Gasteiger partial charge >= 0.3 is 0 Å². The van der Waals surface area contributed by atoms with E-state index in [1.54, 1.807) is 23.9 Å². The summed E-state index contributed by atoms with van der Waals surface area (Å²) in [7, 11) is 0. The van der Waals surface area contributed by atoms with Gasteiger partial charge in [0.2, 0.25) is 0 Å². The quantitative estimate of drug-likeness (QED) is 0.634. The molecule has 1 atom stereocenters. The molecule has 0 bridgehead atoms. The first kappa shape index (κ1) is 19.0. The van der Waals surface area contributed by atoms with Crippen LogP contribution in [0.4, 0.5) is 4.39 Å². The lowest BCUT2D eigenvalue weighted by Gasteiger charge is -2.22. The Kier molecular flexibility index (Phi) is 5.17. The second-order valence-corrected chi connectivity index (χ2v) is 8.69. The van der Waals surface area contributed by atoms with Crippen LogP contribution in [-0.4, -0.2) is 30.4 Å². The van der Waals surface area contributed by atoms with Crippen molar-refractivity contribution >= 4 is 28.6 Å². The van der Waals surface area contributed by atoms with Crippen molar-refractivity contribution in [3.8, 4) is 0 Å². The highest BCUT2D eigenvalue weighted by Gasteiger charge is 2.37. The number of para-hydroxylation sites is 1. The van der Waals surface area contributed by atoms with Gasteiger partial charge in [0.1, 0.15) is 11.4 Å². The van der Waals surface area contributed by atoms with E-state index in [2.05, 4.69) is 6.92 Å². The molecule has 0 aliphatic carbocycles. The van der Waals surface area contributed by atoms with Crippen molar-refractivity contribution in [3.63, 3.8) is 0 Å². The van der Waals surface area contributed by atoms with Crippen LogP contribution >= 0.6 is 11.8 Å². The molecule has 1 amide bonds. The van der Waals surface area contributed by atoms with Crippen LogP contribution in [0.15, 0.2) is 57.8 Å². The Balaban J connectivity index is 1.63. The number of fused-ring (bicyclic) bond motifs is 1. The van der Waals surface area contributed by atoms with Crippen LogP contribution in [0.1, 0.15) is 29.5 Å². The number of thioether (sulfide) groups is 1. The molecule has 2 N–H and O–H groups in total. The van der Waals surface area contributed by atoms with E-state index >= 15 is 0 Å². The molecule has 4 rings (SSSR count). The summed E-state index contributed by atoms with van der Waals surface area (Å²) in [6.45, 7) is 4.01. The lowest BCUT2D eigenvalue weighted by Crippen LogP contribution is -2.34. The number of hydrogen-bond acceptors (Lipinski definition) is 4. The molecule has 4 nitrogen and oxygen atoms in total. The van der Waals surface area contributed by atoms with E-state index in [0.29, 0.717) is 36.7 Å². The summed E-state index contributed by atoms with van der Waals surface area (Å²) >= 11 is 1.56. The van der Waals surface area contributed by atoms with Gasteiger partial charge in [0, 0.05) is 34.7 Å². The monoisotopic (exact) mass is 398 g/mol. The van der Waals surface area contributed by atoms with Crippen LogP contribution in [0.5, 0.6) is 0 Å². The largest absolute Gasteiger partial charge is 0.451 e. The van der Waals surface area contributed by atoms with Crippen molar-refractivity contribution in [2.75, 3.05) is 19.6 Å². The first-order valence-electron chi connectivity index (χ1n) is 9.37. The number of nitrogens with zero attached hydrogens (tertiary/aromatic N) is 1. The molecule has 2 heterocycles. The van der Waals surface area contributed by atoms with Crippen LogP contribution in [-0.2, 0) is 5.75 Å². The maximum absolute atomic E-state index is 13.2. The number of likely N-dealkylation sites (tertiary alicyclic amines) is 1. The van der Waals surface area contributed by atoms with E-state index in [1.807, 2.05) is 29.2 Å². The number of carbonyl (C=O) groups excluding carboxylic acids is 1. The number of furan rings is 1. The lowest BCUT2D eigenvalue weighted by molar-refractivity contribution is 0.0746. The number of rotatable bonds is 5. The van der Waals surface area contributed by atoms with Gasteiger partial charge in [-0.15, -0.1) is 11.8 Å². The Morgan fingerprint density at radius 3 is 2.71 bits per heavy atom.